The second-order valence-corrected chi connectivity index (χ2v) is 7.16. The SMILES string of the molecule is CC(C)Oc1ccc(NC(=O)C(C)(C)c2c[nH]c3ccc(F)cc23)cc1. The van der Waals surface area contributed by atoms with Crippen LogP contribution in [0.2, 0.25) is 0 Å². The van der Waals surface area contributed by atoms with Crippen molar-refractivity contribution in [1.29, 1.82) is 0 Å². The van der Waals surface area contributed by atoms with Gasteiger partial charge in [0.05, 0.1) is 11.5 Å². The first kappa shape index (κ1) is 18.0. The number of anilines is 1. The Kier molecular flexibility index (Phi) is 4.72. The smallest absolute Gasteiger partial charge is 0.234 e. The maximum absolute atomic E-state index is 13.6. The summed E-state index contributed by atoms with van der Waals surface area (Å²) in [5, 5.41) is 3.64. The first-order valence-electron chi connectivity index (χ1n) is 8.62. The zero-order chi connectivity index (χ0) is 18.9. The lowest BCUT2D eigenvalue weighted by Gasteiger charge is -2.23. The summed E-state index contributed by atoms with van der Waals surface area (Å²) in [7, 11) is 0. The van der Waals surface area contributed by atoms with Crippen LogP contribution in [0.1, 0.15) is 33.3 Å². The molecular formula is C21H23FN2O2. The van der Waals surface area contributed by atoms with E-state index in [2.05, 4.69) is 10.3 Å². The molecule has 26 heavy (non-hydrogen) atoms. The Balaban J connectivity index is 1.82. The molecule has 0 fully saturated rings. The molecular weight excluding hydrogens is 331 g/mol. The van der Waals surface area contributed by atoms with Gasteiger partial charge < -0.3 is 15.0 Å². The molecule has 0 atom stereocenters. The molecule has 3 aromatic rings. The van der Waals surface area contributed by atoms with Crippen LogP contribution in [0.4, 0.5) is 10.1 Å². The predicted molar refractivity (Wildman–Crippen MR) is 102 cm³/mol. The van der Waals surface area contributed by atoms with Gasteiger partial charge in [0, 0.05) is 22.8 Å². The van der Waals surface area contributed by atoms with Crippen molar-refractivity contribution >= 4 is 22.5 Å². The highest BCUT2D eigenvalue weighted by Gasteiger charge is 2.32. The van der Waals surface area contributed by atoms with E-state index in [1.165, 1.54) is 12.1 Å². The van der Waals surface area contributed by atoms with Crippen LogP contribution in [0, 0.1) is 5.82 Å². The van der Waals surface area contributed by atoms with Crippen molar-refractivity contribution in [1.82, 2.24) is 4.98 Å². The largest absolute Gasteiger partial charge is 0.491 e. The van der Waals surface area contributed by atoms with E-state index in [1.807, 2.05) is 39.8 Å². The molecule has 2 N–H and O–H groups in total. The number of hydrogen-bond donors (Lipinski definition) is 2. The molecule has 0 radical (unpaired) electrons. The van der Waals surface area contributed by atoms with E-state index in [4.69, 9.17) is 4.74 Å². The van der Waals surface area contributed by atoms with Crippen molar-refractivity contribution in [2.24, 2.45) is 0 Å². The molecule has 1 aromatic heterocycles. The number of carbonyl (C=O) groups excluding carboxylic acids is 1. The summed E-state index contributed by atoms with van der Waals surface area (Å²) >= 11 is 0. The van der Waals surface area contributed by atoms with Gasteiger partial charge in [0.2, 0.25) is 5.91 Å². The molecule has 0 saturated heterocycles. The average molecular weight is 354 g/mol. The Morgan fingerprint density at radius 3 is 2.50 bits per heavy atom. The number of H-pyrrole nitrogens is 1. The van der Waals surface area contributed by atoms with Gasteiger partial charge >= 0.3 is 0 Å². The summed E-state index contributed by atoms with van der Waals surface area (Å²) in [5.74, 6) is 0.264. The van der Waals surface area contributed by atoms with Gasteiger partial charge in [0.1, 0.15) is 11.6 Å². The zero-order valence-electron chi connectivity index (χ0n) is 15.4. The summed E-state index contributed by atoms with van der Waals surface area (Å²) in [4.78, 5) is 16.0. The fraction of sp³-hybridized carbons (Fsp3) is 0.286. The summed E-state index contributed by atoms with van der Waals surface area (Å²) in [5.41, 5.74) is 1.41. The predicted octanol–water partition coefficient (Wildman–Crippen LogP) is 5.01. The fourth-order valence-electron chi connectivity index (χ4n) is 2.91. The Hall–Kier alpha value is -2.82. The normalized spacial score (nSPS) is 11.8. The molecule has 136 valence electrons. The number of ether oxygens (including phenoxy) is 1. The molecule has 0 aliphatic heterocycles. The van der Waals surface area contributed by atoms with Crippen LogP contribution in [0.3, 0.4) is 0 Å². The van der Waals surface area contributed by atoms with E-state index >= 15 is 0 Å². The maximum atomic E-state index is 13.6. The minimum atomic E-state index is -0.834. The number of amides is 1. The first-order valence-corrected chi connectivity index (χ1v) is 8.62. The minimum absolute atomic E-state index is 0.0941. The number of hydrogen-bond acceptors (Lipinski definition) is 2. The van der Waals surface area contributed by atoms with E-state index < -0.39 is 5.41 Å². The number of carbonyl (C=O) groups is 1. The highest BCUT2D eigenvalue weighted by Crippen LogP contribution is 2.32. The zero-order valence-corrected chi connectivity index (χ0v) is 15.4. The van der Waals surface area contributed by atoms with Crippen LogP contribution in [-0.2, 0) is 10.2 Å². The van der Waals surface area contributed by atoms with Gasteiger partial charge in [-0.15, -0.1) is 0 Å². The number of rotatable bonds is 5. The van der Waals surface area contributed by atoms with E-state index in [0.717, 1.165) is 16.8 Å². The number of benzene rings is 2. The molecule has 0 saturated carbocycles. The average Bonchev–Trinajstić information content (AvgIpc) is 2.99. The molecule has 2 aromatic carbocycles. The Bertz CT molecular complexity index is 927. The molecule has 0 bridgehead atoms. The van der Waals surface area contributed by atoms with Crippen LogP contribution in [0.25, 0.3) is 10.9 Å². The number of aromatic nitrogens is 1. The molecule has 1 heterocycles. The Morgan fingerprint density at radius 1 is 1.15 bits per heavy atom. The quantitative estimate of drug-likeness (QED) is 0.677. The van der Waals surface area contributed by atoms with Crippen molar-refractivity contribution in [3.63, 3.8) is 0 Å². The molecule has 0 unspecified atom stereocenters. The van der Waals surface area contributed by atoms with Crippen molar-refractivity contribution < 1.29 is 13.9 Å². The topological polar surface area (TPSA) is 54.1 Å². The van der Waals surface area contributed by atoms with Crippen molar-refractivity contribution in [3.8, 4) is 5.75 Å². The van der Waals surface area contributed by atoms with Gasteiger partial charge in [-0.05, 0) is 75.7 Å². The third-order valence-electron chi connectivity index (χ3n) is 4.37. The van der Waals surface area contributed by atoms with E-state index in [0.29, 0.717) is 11.1 Å². The van der Waals surface area contributed by atoms with Gasteiger partial charge in [-0.25, -0.2) is 4.39 Å². The Morgan fingerprint density at radius 2 is 1.85 bits per heavy atom. The van der Waals surface area contributed by atoms with Crippen molar-refractivity contribution in [3.05, 3.63) is 60.0 Å². The van der Waals surface area contributed by atoms with E-state index in [-0.39, 0.29) is 17.8 Å². The van der Waals surface area contributed by atoms with Crippen molar-refractivity contribution in [2.45, 2.75) is 39.2 Å². The second-order valence-electron chi connectivity index (χ2n) is 7.16. The van der Waals surface area contributed by atoms with Crippen LogP contribution in [0.5, 0.6) is 5.75 Å². The summed E-state index contributed by atoms with van der Waals surface area (Å²) in [6, 6.07) is 11.8. The van der Waals surface area contributed by atoms with Crippen molar-refractivity contribution in [2.75, 3.05) is 5.32 Å². The lowest BCUT2D eigenvalue weighted by Crippen LogP contribution is -2.34. The maximum Gasteiger partial charge on any atom is 0.234 e. The van der Waals surface area contributed by atoms with Gasteiger partial charge in [0.15, 0.2) is 0 Å². The van der Waals surface area contributed by atoms with Gasteiger partial charge in [-0.3, -0.25) is 4.79 Å². The lowest BCUT2D eigenvalue weighted by atomic mass is 9.83. The molecule has 1 amide bonds. The first-order chi connectivity index (χ1) is 12.3. The third-order valence-corrected chi connectivity index (χ3v) is 4.37. The van der Waals surface area contributed by atoms with Gasteiger partial charge in [0.25, 0.3) is 0 Å². The van der Waals surface area contributed by atoms with Gasteiger partial charge in [-0.1, -0.05) is 0 Å². The summed E-state index contributed by atoms with van der Waals surface area (Å²) < 4.78 is 19.2. The highest BCUT2D eigenvalue weighted by molar-refractivity contribution is 6.01. The minimum Gasteiger partial charge on any atom is -0.491 e. The molecule has 0 aliphatic carbocycles. The molecule has 0 aliphatic rings. The third kappa shape index (κ3) is 3.57. The number of halogens is 1. The van der Waals surface area contributed by atoms with E-state index in [1.54, 1.807) is 24.4 Å². The Labute approximate surface area is 152 Å². The van der Waals surface area contributed by atoms with Crippen LogP contribution >= 0.6 is 0 Å². The second kappa shape index (κ2) is 6.83. The van der Waals surface area contributed by atoms with Crippen LogP contribution in [0.15, 0.2) is 48.7 Å². The van der Waals surface area contributed by atoms with E-state index in [9.17, 15) is 9.18 Å². The standard InChI is InChI=1S/C21H23FN2O2/c1-13(2)26-16-8-6-15(7-9-16)24-20(25)21(3,4)18-12-23-19-10-5-14(22)11-17(18)19/h5-13,23H,1-4H3,(H,24,25). The molecule has 5 heteroatoms. The molecule has 3 rings (SSSR count). The lowest BCUT2D eigenvalue weighted by molar-refractivity contribution is -0.120. The molecule has 0 spiro atoms. The molecule has 4 nitrogen and oxygen atoms in total. The summed E-state index contributed by atoms with van der Waals surface area (Å²) in [6.07, 6.45) is 1.86. The van der Waals surface area contributed by atoms with Gasteiger partial charge in [-0.2, -0.15) is 0 Å². The number of nitrogens with one attached hydrogen (secondary N) is 2. The fourth-order valence-corrected chi connectivity index (χ4v) is 2.91. The summed E-state index contributed by atoms with van der Waals surface area (Å²) in [6.45, 7) is 7.57. The highest BCUT2D eigenvalue weighted by atomic mass is 19.1. The number of aromatic amines is 1. The van der Waals surface area contributed by atoms with Crippen LogP contribution < -0.4 is 10.1 Å². The number of fused-ring (bicyclic) bond motifs is 1. The monoisotopic (exact) mass is 354 g/mol. The van der Waals surface area contributed by atoms with Crippen LogP contribution in [-0.4, -0.2) is 17.0 Å².